The molecule has 5 nitrogen and oxygen atoms in total. The second kappa shape index (κ2) is 5.40. The van der Waals surface area contributed by atoms with Crippen molar-refractivity contribution in [2.24, 2.45) is 0 Å². The summed E-state index contributed by atoms with van der Waals surface area (Å²) in [7, 11) is 2.91. The van der Waals surface area contributed by atoms with Crippen molar-refractivity contribution in [3.8, 4) is 11.5 Å². The Morgan fingerprint density at radius 2 is 1.80 bits per heavy atom. The molecule has 1 heterocycles. The number of halogens is 1. The van der Waals surface area contributed by atoms with Gasteiger partial charge in [0, 0.05) is 11.6 Å². The summed E-state index contributed by atoms with van der Waals surface area (Å²) in [6, 6.07) is 2.75. The molecule has 0 spiro atoms. The van der Waals surface area contributed by atoms with Crippen LogP contribution in [0.25, 0.3) is 0 Å². The van der Waals surface area contributed by atoms with Crippen LogP contribution in [0.5, 0.6) is 11.5 Å². The summed E-state index contributed by atoms with van der Waals surface area (Å²) in [6.45, 7) is 3.52. The highest BCUT2D eigenvalue weighted by Crippen LogP contribution is 2.30. The quantitative estimate of drug-likeness (QED) is 0.862. The van der Waals surface area contributed by atoms with Crippen molar-refractivity contribution >= 4 is 0 Å². The third kappa shape index (κ3) is 2.41. The van der Waals surface area contributed by atoms with Crippen molar-refractivity contribution in [2.75, 3.05) is 14.2 Å². The summed E-state index contributed by atoms with van der Waals surface area (Å²) in [5, 5.41) is 0. The average molecular weight is 281 g/mol. The largest absolute Gasteiger partial charge is 0.493 e. The molecule has 0 aliphatic rings. The van der Waals surface area contributed by atoms with E-state index in [4.69, 9.17) is 13.9 Å². The summed E-state index contributed by atoms with van der Waals surface area (Å²) < 4.78 is 30.5. The normalized spacial score (nSPS) is 10.7. The monoisotopic (exact) mass is 281 g/mol. The Hall–Kier alpha value is -2.24. The third-order valence-corrected chi connectivity index (χ3v) is 3.26. The first-order valence-corrected chi connectivity index (χ1v) is 6.05. The number of hydrogen-bond donors (Lipinski definition) is 0. The lowest BCUT2D eigenvalue weighted by molar-refractivity contribution is 0.351. The van der Waals surface area contributed by atoms with Gasteiger partial charge in [0.25, 0.3) is 0 Å². The fourth-order valence-electron chi connectivity index (χ4n) is 1.96. The summed E-state index contributed by atoms with van der Waals surface area (Å²) in [4.78, 5) is 11.7. The second-order valence-electron chi connectivity index (χ2n) is 4.39. The van der Waals surface area contributed by atoms with Crippen LogP contribution in [0.4, 0.5) is 4.39 Å². The van der Waals surface area contributed by atoms with Gasteiger partial charge in [0.05, 0.1) is 26.5 Å². The number of hydrogen-bond acceptors (Lipinski definition) is 4. The molecule has 0 amide bonds. The van der Waals surface area contributed by atoms with E-state index in [1.54, 1.807) is 13.8 Å². The van der Waals surface area contributed by atoms with E-state index in [1.807, 2.05) is 0 Å². The summed E-state index contributed by atoms with van der Waals surface area (Å²) in [5.74, 6) is 0.272. The van der Waals surface area contributed by atoms with Crippen LogP contribution in [0.1, 0.15) is 17.0 Å². The number of rotatable bonds is 4. The van der Waals surface area contributed by atoms with Crippen LogP contribution in [-0.2, 0) is 6.54 Å². The SMILES string of the molecule is COc1cc(F)c(Cn2c(C)c(C)oc2=O)cc1OC. The lowest BCUT2D eigenvalue weighted by Crippen LogP contribution is -2.17. The number of aryl methyl sites for hydroxylation is 1. The van der Waals surface area contributed by atoms with E-state index in [0.29, 0.717) is 28.5 Å². The Morgan fingerprint density at radius 3 is 2.30 bits per heavy atom. The van der Waals surface area contributed by atoms with Crippen LogP contribution in [-0.4, -0.2) is 18.8 Å². The molecule has 0 bridgehead atoms. The minimum absolute atomic E-state index is 0.0776. The van der Waals surface area contributed by atoms with Crippen molar-refractivity contribution in [3.05, 3.63) is 45.5 Å². The zero-order chi connectivity index (χ0) is 14.9. The number of benzene rings is 1. The van der Waals surface area contributed by atoms with Gasteiger partial charge in [-0.2, -0.15) is 0 Å². The fourth-order valence-corrected chi connectivity index (χ4v) is 1.96. The van der Waals surface area contributed by atoms with Gasteiger partial charge in [-0.05, 0) is 19.9 Å². The maximum atomic E-state index is 14.0. The van der Waals surface area contributed by atoms with Crippen LogP contribution in [0.15, 0.2) is 21.3 Å². The maximum absolute atomic E-state index is 14.0. The summed E-state index contributed by atoms with van der Waals surface area (Å²) in [6.07, 6.45) is 0. The Balaban J connectivity index is 2.46. The number of methoxy groups -OCH3 is 2. The molecule has 1 aromatic carbocycles. The second-order valence-corrected chi connectivity index (χ2v) is 4.39. The highest BCUT2D eigenvalue weighted by atomic mass is 19.1. The molecule has 0 saturated carbocycles. The van der Waals surface area contributed by atoms with Gasteiger partial charge < -0.3 is 13.9 Å². The van der Waals surface area contributed by atoms with E-state index in [-0.39, 0.29) is 6.54 Å². The van der Waals surface area contributed by atoms with Crippen LogP contribution in [0, 0.1) is 19.7 Å². The molecule has 6 heteroatoms. The van der Waals surface area contributed by atoms with Crippen molar-refractivity contribution in [2.45, 2.75) is 20.4 Å². The molecule has 0 aliphatic carbocycles. The minimum atomic E-state index is -0.505. The molecule has 108 valence electrons. The van der Waals surface area contributed by atoms with Crippen molar-refractivity contribution in [1.82, 2.24) is 4.57 Å². The van der Waals surface area contributed by atoms with Gasteiger partial charge in [-0.15, -0.1) is 0 Å². The van der Waals surface area contributed by atoms with E-state index in [1.165, 1.54) is 30.9 Å². The molecule has 2 rings (SSSR count). The predicted octanol–water partition coefficient (Wildman–Crippen LogP) is 2.26. The summed E-state index contributed by atoms with van der Waals surface area (Å²) in [5.41, 5.74) is 0.998. The summed E-state index contributed by atoms with van der Waals surface area (Å²) >= 11 is 0. The average Bonchev–Trinajstić information content (AvgIpc) is 2.66. The maximum Gasteiger partial charge on any atom is 0.419 e. The fraction of sp³-hybridized carbons (Fsp3) is 0.357. The standard InChI is InChI=1S/C14H16FNO4/c1-8-9(2)20-14(17)16(8)7-10-5-12(18-3)13(19-4)6-11(10)15/h5-6H,7H2,1-4H3. The van der Waals surface area contributed by atoms with Crippen molar-refractivity contribution in [1.29, 1.82) is 0 Å². The molecule has 0 unspecified atom stereocenters. The molecular formula is C14H16FNO4. The lowest BCUT2D eigenvalue weighted by Gasteiger charge is -2.11. The van der Waals surface area contributed by atoms with Gasteiger partial charge in [-0.1, -0.05) is 0 Å². The molecule has 0 saturated heterocycles. The Labute approximate surface area is 115 Å². The van der Waals surface area contributed by atoms with Crippen LogP contribution in [0.3, 0.4) is 0 Å². The van der Waals surface area contributed by atoms with Crippen molar-refractivity contribution < 1.29 is 18.3 Å². The van der Waals surface area contributed by atoms with Gasteiger partial charge in [-0.25, -0.2) is 9.18 Å². The molecule has 0 fully saturated rings. The van der Waals surface area contributed by atoms with E-state index < -0.39 is 11.6 Å². The topological polar surface area (TPSA) is 53.6 Å². The first-order valence-electron chi connectivity index (χ1n) is 6.05. The molecule has 0 N–H and O–H groups in total. The van der Waals surface area contributed by atoms with Gasteiger partial charge in [0.15, 0.2) is 11.5 Å². The highest BCUT2D eigenvalue weighted by Gasteiger charge is 2.15. The van der Waals surface area contributed by atoms with Gasteiger partial charge in [0.1, 0.15) is 11.6 Å². The molecule has 0 atom stereocenters. The zero-order valence-electron chi connectivity index (χ0n) is 11.8. The van der Waals surface area contributed by atoms with Gasteiger partial charge in [-0.3, -0.25) is 4.57 Å². The van der Waals surface area contributed by atoms with E-state index in [9.17, 15) is 9.18 Å². The van der Waals surface area contributed by atoms with Gasteiger partial charge in [0.2, 0.25) is 0 Å². The minimum Gasteiger partial charge on any atom is -0.493 e. The van der Waals surface area contributed by atoms with Crippen LogP contribution in [0.2, 0.25) is 0 Å². The number of ether oxygens (including phenoxy) is 2. The first kappa shape index (κ1) is 14.2. The molecule has 1 aromatic heterocycles. The van der Waals surface area contributed by atoms with Crippen LogP contribution >= 0.6 is 0 Å². The van der Waals surface area contributed by atoms with E-state index in [0.717, 1.165) is 0 Å². The van der Waals surface area contributed by atoms with Crippen LogP contribution < -0.4 is 15.2 Å². The Bertz CT molecular complexity index is 687. The number of nitrogens with zero attached hydrogens (tertiary/aromatic N) is 1. The van der Waals surface area contributed by atoms with Crippen molar-refractivity contribution in [3.63, 3.8) is 0 Å². The third-order valence-electron chi connectivity index (χ3n) is 3.26. The Morgan fingerprint density at radius 1 is 1.20 bits per heavy atom. The molecule has 0 radical (unpaired) electrons. The first-order chi connectivity index (χ1) is 9.47. The highest BCUT2D eigenvalue weighted by molar-refractivity contribution is 5.43. The predicted molar refractivity (Wildman–Crippen MR) is 71.0 cm³/mol. The van der Waals surface area contributed by atoms with E-state index in [2.05, 4.69) is 0 Å². The molecule has 20 heavy (non-hydrogen) atoms. The lowest BCUT2D eigenvalue weighted by atomic mass is 10.1. The van der Waals surface area contributed by atoms with Gasteiger partial charge >= 0.3 is 5.76 Å². The Kier molecular flexibility index (Phi) is 3.83. The number of oxazole rings is 1. The zero-order valence-corrected chi connectivity index (χ0v) is 11.8. The molecule has 0 aliphatic heterocycles. The molecular weight excluding hydrogens is 265 g/mol. The smallest absolute Gasteiger partial charge is 0.419 e. The number of aromatic nitrogens is 1. The molecule has 2 aromatic rings. The van der Waals surface area contributed by atoms with E-state index >= 15 is 0 Å².